The second-order valence-corrected chi connectivity index (χ2v) is 5.62. The first-order valence-electron chi connectivity index (χ1n) is 4.68. The number of rotatable bonds is 3. The van der Waals surface area contributed by atoms with Gasteiger partial charge in [-0.25, -0.2) is 0 Å². The highest BCUT2D eigenvalue weighted by atomic mass is 79.9. The number of hydrogen-bond donors (Lipinski definition) is 0. The van der Waals surface area contributed by atoms with Crippen molar-refractivity contribution in [3.63, 3.8) is 0 Å². The van der Waals surface area contributed by atoms with E-state index >= 15 is 0 Å². The minimum Gasteiger partial charge on any atom is -0.146 e. The van der Waals surface area contributed by atoms with Gasteiger partial charge in [0.1, 0.15) is 0 Å². The lowest BCUT2D eigenvalue weighted by Crippen LogP contribution is -1.93. The van der Waals surface area contributed by atoms with Crippen molar-refractivity contribution >= 4 is 38.9 Å². The lowest BCUT2D eigenvalue weighted by Gasteiger charge is -2.08. The maximum atomic E-state index is 6.37. The Hall–Kier alpha value is -0.310. The molecule has 0 spiro atoms. The third kappa shape index (κ3) is 2.83. The Morgan fingerprint density at radius 3 is 2.53 bits per heavy atom. The highest BCUT2D eigenvalue weighted by Gasteiger charge is 2.13. The summed E-state index contributed by atoms with van der Waals surface area (Å²) in [5, 5.41) is 2.11. The predicted octanol–water partition coefficient (Wildman–Crippen LogP) is 5.03. The Kier molecular flexibility index (Phi) is 3.84. The van der Waals surface area contributed by atoms with Crippen LogP contribution in [0.4, 0.5) is 0 Å². The number of alkyl halides is 1. The van der Waals surface area contributed by atoms with Crippen LogP contribution in [-0.4, -0.2) is 0 Å². The van der Waals surface area contributed by atoms with Crippen LogP contribution in [0.2, 0.25) is 0 Å². The molecule has 0 N–H and O–H groups in total. The zero-order valence-electron chi connectivity index (χ0n) is 7.99. The minimum atomic E-state index is 0.0572. The van der Waals surface area contributed by atoms with Gasteiger partial charge in [-0.3, -0.25) is 0 Å². The van der Waals surface area contributed by atoms with Crippen LogP contribution in [0.1, 0.15) is 15.8 Å². The highest BCUT2D eigenvalue weighted by molar-refractivity contribution is 9.10. The van der Waals surface area contributed by atoms with Crippen LogP contribution in [0, 0.1) is 0 Å². The van der Waals surface area contributed by atoms with Gasteiger partial charge in [0.05, 0.1) is 5.38 Å². The van der Waals surface area contributed by atoms with Crippen LogP contribution < -0.4 is 0 Å². The first kappa shape index (κ1) is 11.2. The maximum absolute atomic E-state index is 6.37. The average Bonchev–Trinajstić information content (AvgIpc) is 2.66. The molecular formula is C12H10BrClS. The van der Waals surface area contributed by atoms with Gasteiger partial charge in [0, 0.05) is 9.35 Å². The van der Waals surface area contributed by atoms with Gasteiger partial charge < -0.3 is 0 Å². The van der Waals surface area contributed by atoms with Crippen molar-refractivity contribution in [2.24, 2.45) is 0 Å². The molecule has 1 atom stereocenters. The molecule has 0 nitrogen and oxygen atoms in total. The van der Waals surface area contributed by atoms with Crippen molar-refractivity contribution in [3.05, 3.63) is 56.7 Å². The van der Waals surface area contributed by atoms with Crippen molar-refractivity contribution < 1.29 is 0 Å². The Labute approximate surface area is 107 Å². The van der Waals surface area contributed by atoms with E-state index in [1.54, 1.807) is 11.3 Å². The van der Waals surface area contributed by atoms with Gasteiger partial charge >= 0.3 is 0 Å². The molecule has 0 amide bonds. The molecule has 0 radical (unpaired) electrons. The molecule has 15 heavy (non-hydrogen) atoms. The van der Waals surface area contributed by atoms with E-state index in [4.69, 9.17) is 11.6 Å². The summed E-state index contributed by atoms with van der Waals surface area (Å²) in [6.45, 7) is 0. The summed E-state index contributed by atoms with van der Waals surface area (Å²) >= 11 is 11.6. The molecule has 1 aromatic carbocycles. The lowest BCUT2D eigenvalue weighted by molar-refractivity contribution is 0.936. The van der Waals surface area contributed by atoms with Crippen LogP contribution in [0.25, 0.3) is 0 Å². The normalized spacial score (nSPS) is 12.7. The molecule has 1 aromatic heterocycles. The van der Waals surface area contributed by atoms with E-state index in [1.807, 2.05) is 24.3 Å². The number of thiophene rings is 1. The van der Waals surface area contributed by atoms with E-state index in [1.165, 1.54) is 10.4 Å². The molecule has 0 bridgehead atoms. The summed E-state index contributed by atoms with van der Waals surface area (Å²) in [7, 11) is 0. The van der Waals surface area contributed by atoms with E-state index in [9.17, 15) is 0 Å². The molecule has 2 aromatic rings. The molecule has 0 saturated carbocycles. The van der Waals surface area contributed by atoms with E-state index in [0.717, 1.165) is 10.9 Å². The number of hydrogen-bond acceptors (Lipinski definition) is 1. The lowest BCUT2D eigenvalue weighted by atomic mass is 10.1. The Morgan fingerprint density at radius 1 is 1.20 bits per heavy atom. The molecule has 2 rings (SSSR count). The van der Waals surface area contributed by atoms with Crippen LogP contribution in [-0.2, 0) is 6.42 Å². The summed E-state index contributed by atoms with van der Waals surface area (Å²) in [5.41, 5.74) is 1.28. The van der Waals surface area contributed by atoms with Gasteiger partial charge in [0.25, 0.3) is 0 Å². The van der Waals surface area contributed by atoms with Crippen LogP contribution in [0.3, 0.4) is 0 Å². The topological polar surface area (TPSA) is 0 Å². The summed E-state index contributed by atoms with van der Waals surface area (Å²) in [6.07, 6.45) is 0.876. The molecular weight excluding hydrogens is 292 g/mol. The second kappa shape index (κ2) is 5.15. The summed E-state index contributed by atoms with van der Waals surface area (Å²) in [5.74, 6) is 0. The molecule has 0 aliphatic heterocycles. The second-order valence-electron chi connectivity index (χ2n) is 3.29. The molecule has 3 heteroatoms. The van der Waals surface area contributed by atoms with Crippen LogP contribution >= 0.6 is 38.9 Å². The molecule has 78 valence electrons. The van der Waals surface area contributed by atoms with E-state index < -0.39 is 0 Å². The summed E-state index contributed by atoms with van der Waals surface area (Å²) in [4.78, 5) is 1.21. The van der Waals surface area contributed by atoms with Gasteiger partial charge in [-0.05, 0) is 39.4 Å². The Balaban J connectivity index is 2.11. The van der Waals surface area contributed by atoms with Gasteiger partial charge in [-0.2, -0.15) is 0 Å². The molecule has 1 heterocycles. The van der Waals surface area contributed by atoms with Gasteiger partial charge in [-0.1, -0.05) is 30.3 Å². The Morgan fingerprint density at radius 2 is 1.93 bits per heavy atom. The quantitative estimate of drug-likeness (QED) is 0.697. The van der Waals surface area contributed by atoms with Crippen LogP contribution in [0.5, 0.6) is 0 Å². The van der Waals surface area contributed by atoms with Crippen molar-refractivity contribution in [2.45, 2.75) is 11.8 Å². The first-order chi connectivity index (χ1) is 7.27. The van der Waals surface area contributed by atoms with Gasteiger partial charge in [0.15, 0.2) is 0 Å². The molecule has 0 aliphatic rings. The van der Waals surface area contributed by atoms with Crippen molar-refractivity contribution in [3.8, 4) is 0 Å². The number of benzene rings is 1. The predicted molar refractivity (Wildman–Crippen MR) is 70.8 cm³/mol. The summed E-state index contributed by atoms with van der Waals surface area (Å²) in [6, 6.07) is 12.4. The van der Waals surface area contributed by atoms with E-state index in [2.05, 4.69) is 33.4 Å². The standard InChI is InChI=1S/C12H10BrClS/c13-10-6-7-15-12(10)11(14)8-9-4-2-1-3-5-9/h1-7,11H,8H2. The zero-order chi connectivity index (χ0) is 10.7. The fourth-order valence-electron chi connectivity index (χ4n) is 1.44. The van der Waals surface area contributed by atoms with Gasteiger partial charge in [-0.15, -0.1) is 22.9 Å². The fourth-order valence-corrected chi connectivity index (χ4v) is 3.65. The zero-order valence-corrected chi connectivity index (χ0v) is 11.1. The third-order valence-corrected chi connectivity index (χ3v) is 4.67. The fraction of sp³-hybridized carbons (Fsp3) is 0.167. The van der Waals surface area contributed by atoms with Crippen LogP contribution in [0.15, 0.2) is 46.3 Å². The smallest absolute Gasteiger partial charge is 0.0730 e. The first-order valence-corrected chi connectivity index (χ1v) is 6.79. The molecule has 0 fully saturated rings. The monoisotopic (exact) mass is 300 g/mol. The van der Waals surface area contributed by atoms with Crippen molar-refractivity contribution in [2.75, 3.05) is 0 Å². The van der Waals surface area contributed by atoms with Crippen molar-refractivity contribution in [1.29, 1.82) is 0 Å². The average molecular weight is 302 g/mol. The molecule has 0 aliphatic carbocycles. The molecule has 0 saturated heterocycles. The minimum absolute atomic E-state index is 0.0572. The van der Waals surface area contributed by atoms with E-state index in [0.29, 0.717) is 0 Å². The summed E-state index contributed by atoms with van der Waals surface area (Å²) < 4.78 is 1.11. The largest absolute Gasteiger partial charge is 0.146 e. The highest BCUT2D eigenvalue weighted by Crippen LogP contribution is 2.34. The molecule has 1 unspecified atom stereocenters. The third-order valence-electron chi connectivity index (χ3n) is 2.19. The number of halogens is 2. The van der Waals surface area contributed by atoms with Gasteiger partial charge in [0.2, 0.25) is 0 Å². The van der Waals surface area contributed by atoms with E-state index in [-0.39, 0.29) is 5.38 Å². The SMILES string of the molecule is ClC(Cc1ccccc1)c1sccc1Br. The maximum Gasteiger partial charge on any atom is 0.0730 e. The Bertz CT molecular complexity index is 424. The van der Waals surface area contributed by atoms with Crippen molar-refractivity contribution in [1.82, 2.24) is 0 Å².